The van der Waals surface area contributed by atoms with Crippen molar-refractivity contribution < 1.29 is 18.8 Å². The van der Waals surface area contributed by atoms with Crippen LogP contribution in [0.1, 0.15) is 25.1 Å². The summed E-state index contributed by atoms with van der Waals surface area (Å²) in [6.07, 6.45) is 0.510. The molecule has 1 aromatic heterocycles. The number of nitrogens with zero attached hydrogens (tertiary/aromatic N) is 3. The molecule has 158 valence electrons. The number of imide groups is 1. The van der Waals surface area contributed by atoms with Crippen LogP contribution in [0.25, 0.3) is 0 Å². The van der Waals surface area contributed by atoms with Crippen LogP contribution in [0.4, 0.5) is 19.7 Å². The second-order valence-electron chi connectivity index (χ2n) is 7.74. The summed E-state index contributed by atoms with van der Waals surface area (Å²) >= 11 is 1.52. The van der Waals surface area contributed by atoms with Gasteiger partial charge in [-0.15, -0.1) is 11.3 Å². The van der Waals surface area contributed by atoms with Crippen LogP contribution in [0, 0.1) is 5.82 Å². The van der Waals surface area contributed by atoms with Crippen molar-refractivity contribution in [1.82, 2.24) is 15.1 Å². The Hall–Kier alpha value is -2.94. The summed E-state index contributed by atoms with van der Waals surface area (Å²) < 4.78 is 13.9. The number of rotatable bonds is 4. The number of likely N-dealkylation sites (tertiary alicyclic amines) is 1. The van der Waals surface area contributed by atoms with Gasteiger partial charge in [-0.1, -0.05) is 12.1 Å². The number of halogens is 1. The monoisotopic (exact) mass is 430 g/mol. The van der Waals surface area contributed by atoms with E-state index in [1.165, 1.54) is 34.4 Å². The fourth-order valence-electron chi connectivity index (χ4n) is 4.06. The topological polar surface area (TPSA) is 73.0 Å². The Kier molecular flexibility index (Phi) is 5.46. The molecular weight excluding hydrogens is 407 g/mol. The van der Waals surface area contributed by atoms with Gasteiger partial charge in [0.2, 0.25) is 0 Å². The molecular formula is C21H23FN4O3S. The Morgan fingerprint density at radius 1 is 1.27 bits per heavy atom. The van der Waals surface area contributed by atoms with E-state index >= 15 is 0 Å². The van der Waals surface area contributed by atoms with E-state index in [9.17, 15) is 18.8 Å². The van der Waals surface area contributed by atoms with Crippen molar-refractivity contribution in [1.29, 1.82) is 0 Å². The number of urea groups is 2. The van der Waals surface area contributed by atoms with Crippen LogP contribution in [0.15, 0.2) is 41.8 Å². The summed E-state index contributed by atoms with van der Waals surface area (Å²) in [4.78, 5) is 44.6. The lowest BCUT2D eigenvalue weighted by molar-refractivity contribution is -0.124. The Morgan fingerprint density at radius 2 is 2.07 bits per heavy atom. The predicted molar refractivity (Wildman–Crippen MR) is 112 cm³/mol. The molecule has 30 heavy (non-hydrogen) atoms. The first-order valence-electron chi connectivity index (χ1n) is 9.86. The van der Waals surface area contributed by atoms with Crippen molar-refractivity contribution in [2.45, 2.75) is 44.9 Å². The fourth-order valence-corrected chi connectivity index (χ4v) is 4.77. The molecule has 0 aliphatic carbocycles. The molecule has 0 unspecified atom stereocenters. The van der Waals surface area contributed by atoms with Gasteiger partial charge in [0.1, 0.15) is 11.9 Å². The highest BCUT2D eigenvalue weighted by Gasteiger charge is 2.53. The van der Waals surface area contributed by atoms with Crippen LogP contribution in [0.5, 0.6) is 0 Å². The zero-order valence-electron chi connectivity index (χ0n) is 16.7. The number of amides is 5. The molecule has 2 aromatic rings. The van der Waals surface area contributed by atoms with E-state index in [1.54, 1.807) is 4.90 Å². The number of carbonyl (C=O) groups is 3. The van der Waals surface area contributed by atoms with Gasteiger partial charge in [0.25, 0.3) is 5.91 Å². The summed E-state index contributed by atoms with van der Waals surface area (Å²) in [6.45, 7) is 4.39. The molecule has 1 N–H and O–H groups in total. The number of thiophene rings is 1. The van der Waals surface area contributed by atoms with Crippen LogP contribution >= 0.6 is 11.3 Å². The molecule has 9 heteroatoms. The van der Waals surface area contributed by atoms with Gasteiger partial charge in [-0.05, 0) is 49.9 Å². The molecule has 0 radical (unpaired) electrons. The minimum Gasteiger partial charge on any atom is -0.336 e. The smallest absolute Gasteiger partial charge is 0.332 e. The molecule has 2 atom stereocenters. The summed E-state index contributed by atoms with van der Waals surface area (Å²) in [5.74, 6) is -1.05. The van der Waals surface area contributed by atoms with Crippen LogP contribution < -0.4 is 10.2 Å². The highest BCUT2D eigenvalue weighted by Crippen LogP contribution is 2.34. The highest BCUT2D eigenvalue weighted by molar-refractivity contribution is 7.09. The number of nitrogens with one attached hydrogen (secondary N) is 1. The quantitative estimate of drug-likeness (QED) is 0.808. The summed E-state index contributed by atoms with van der Waals surface area (Å²) in [6, 6.07) is 7.07. The summed E-state index contributed by atoms with van der Waals surface area (Å²) in [7, 11) is 0. The van der Waals surface area contributed by atoms with Gasteiger partial charge < -0.3 is 15.1 Å². The average molecular weight is 431 g/mol. The Morgan fingerprint density at radius 3 is 2.73 bits per heavy atom. The first-order chi connectivity index (χ1) is 14.4. The first kappa shape index (κ1) is 20.3. The molecule has 4 rings (SSSR count). The molecule has 1 aromatic carbocycles. The lowest BCUT2D eigenvalue weighted by Crippen LogP contribution is -2.66. The van der Waals surface area contributed by atoms with Crippen LogP contribution in [0.3, 0.4) is 0 Å². The zero-order valence-corrected chi connectivity index (χ0v) is 17.6. The van der Waals surface area contributed by atoms with Crippen molar-refractivity contribution in [3.8, 4) is 0 Å². The van der Waals surface area contributed by atoms with Gasteiger partial charge in [0.05, 0.1) is 18.3 Å². The molecule has 5 amide bonds. The maximum absolute atomic E-state index is 13.9. The maximum atomic E-state index is 13.9. The zero-order chi connectivity index (χ0) is 21.4. The number of benzene rings is 1. The highest BCUT2D eigenvalue weighted by atomic mass is 32.1. The van der Waals surface area contributed by atoms with Crippen LogP contribution in [-0.2, 0) is 11.3 Å². The molecule has 0 bridgehead atoms. The molecule has 0 saturated carbocycles. The van der Waals surface area contributed by atoms with Crippen molar-refractivity contribution in [2.24, 2.45) is 0 Å². The van der Waals surface area contributed by atoms with Gasteiger partial charge in [-0.2, -0.15) is 0 Å². The van der Waals surface area contributed by atoms with Crippen LogP contribution in [-0.4, -0.2) is 52.4 Å². The van der Waals surface area contributed by atoms with Crippen molar-refractivity contribution in [3.05, 3.63) is 52.5 Å². The van der Waals surface area contributed by atoms with E-state index in [1.807, 2.05) is 31.4 Å². The normalized spacial score (nSPS) is 21.4. The predicted octanol–water partition coefficient (Wildman–Crippen LogP) is 3.42. The minimum absolute atomic E-state index is 0.0848. The van der Waals surface area contributed by atoms with E-state index in [0.29, 0.717) is 19.5 Å². The molecule has 0 spiro atoms. The number of carbonyl (C=O) groups excluding carboxylic acids is 3. The number of hydrogen-bond donors (Lipinski definition) is 1. The molecule has 2 aliphatic rings. The summed E-state index contributed by atoms with van der Waals surface area (Å²) in [5, 5.41) is 4.75. The van der Waals surface area contributed by atoms with Gasteiger partial charge in [0, 0.05) is 17.5 Å². The van der Waals surface area contributed by atoms with Crippen molar-refractivity contribution >= 4 is 35.0 Å². The van der Waals surface area contributed by atoms with Gasteiger partial charge in [-0.25, -0.2) is 18.9 Å². The molecule has 2 saturated heterocycles. The van der Waals surface area contributed by atoms with E-state index in [2.05, 4.69) is 5.32 Å². The van der Waals surface area contributed by atoms with E-state index < -0.39 is 29.8 Å². The lowest BCUT2D eigenvalue weighted by Gasteiger charge is -2.43. The maximum Gasteiger partial charge on any atom is 0.332 e. The lowest BCUT2D eigenvalue weighted by atomic mass is 10.0. The average Bonchev–Trinajstić information content (AvgIpc) is 3.34. The Bertz CT molecular complexity index is 965. The minimum atomic E-state index is -0.815. The van der Waals surface area contributed by atoms with Gasteiger partial charge in [-0.3, -0.25) is 4.79 Å². The van der Waals surface area contributed by atoms with Crippen molar-refractivity contribution in [2.75, 3.05) is 11.4 Å². The van der Waals surface area contributed by atoms with Gasteiger partial charge >= 0.3 is 12.1 Å². The summed E-state index contributed by atoms with van der Waals surface area (Å²) in [5.41, 5.74) is 0.163. The van der Waals surface area contributed by atoms with E-state index in [-0.39, 0.29) is 17.8 Å². The second kappa shape index (κ2) is 8.06. The van der Waals surface area contributed by atoms with E-state index in [0.717, 1.165) is 15.8 Å². The van der Waals surface area contributed by atoms with Crippen molar-refractivity contribution in [3.63, 3.8) is 0 Å². The molecule has 2 fully saturated rings. The van der Waals surface area contributed by atoms with Crippen LogP contribution in [0.2, 0.25) is 0 Å². The van der Waals surface area contributed by atoms with E-state index in [4.69, 9.17) is 0 Å². The fraction of sp³-hybridized carbons (Fsp3) is 0.381. The molecule has 3 heterocycles. The Labute approximate surface area is 178 Å². The second-order valence-corrected chi connectivity index (χ2v) is 8.77. The SMILES string of the molecule is CC(C)NC(=O)N1CC[C@H]2[C@H]1C(=O)N(c1cccc(F)c1)C(=O)N2Cc1cccs1. The van der Waals surface area contributed by atoms with Gasteiger partial charge in [0.15, 0.2) is 0 Å². The third-order valence-electron chi connectivity index (χ3n) is 5.32. The largest absolute Gasteiger partial charge is 0.336 e. The molecule has 2 aliphatic heterocycles. The number of anilines is 1. The number of fused-ring (bicyclic) bond motifs is 1. The third kappa shape index (κ3) is 3.65. The first-order valence-corrected chi connectivity index (χ1v) is 10.7. The third-order valence-corrected chi connectivity index (χ3v) is 6.18. The number of hydrogen-bond acceptors (Lipinski definition) is 4. The molecule has 7 nitrogen and oxygen atoms in total. The Balaban J connectivity index is 1.72. The standard InChI is InChI=1S/C21H23FN4O3S/c1-13(2)23-20(28)24-9-8-17-18(24)19(27)26(15-6-3-5-14(22)11-15)21(29)25(17)12-16-7-4-10-30-16/h3-7,10-11,13,17-18H,8-9,12H2,1-2H3,(H,23,28)/t17-,18-/m0/s1.